The maximum Gasteiger partial charge on any atom is 0.409 e. The number of carbonyl (C=O) groups is 4. The van der Waals surface area contributed by atoms with Gasteiger partial charge in [0.2, 0.25) is 5.91 Å². The third-order valence-corrected chi connectivity index (χ3v) is 4.43. The lowest BCUT2D eigenvalue weighted by Gasteiger charge is -2.21. The molecule has 0 saturated heterocycles. The van der Waals surface area contributed by atoms with E-state index in [4.69, 9.17) is 21.5 Å². The average Bonchev–Trinajstić information content (AvgIpc) is 2.68. The van der Waals surface area contributed by atoms with Crippen LogP contribution in [0.5, 0.6) is 0 Å². The van der Waals surface area contributed by atoms with E-state index in [1.807, 2.05) is 19.9 Å². The van der Waals surface area contributed by atoms with E-state index in [9.17, 15) is 19.2 Å². The second-order valence-electron chi connectivity index (χ2n) is 7.31. The number of primary amides is 1. The fourth-order valence-electron chi connectivity index (χ4n) is 2.51. The maximum atomic E-state index is 12.6. The highest BCUT2D eigenvalue weighted by Gasteiger charge is 2.26. The van der Waals surface area contributed by atoms with Crippen molar-refractivity contribution in [1.29, 1.82) is 5.26 Å². The SMILES string of the molecule is CC(C)[C@H](N)C(=O)C[C@@H](CCCNC(N)=O)C(=O)NCCN(C)C(=O)OCCC#N. The number of nitrogens with one attached hydrogen (secondary N) is 2. The van der Waals surface area contributed by atoms with Crippen molar-refractivity contribution in [2.45, 2.75) is 45.6 Å². The van der Waals surface area contributed by atoms with Gasteiger partial charge < -0.3 is 31.7 Å². The number of urea groups is 1. The van der Waals surface area contributed by atoms with Crippen LogP contribution in [0, 0.1) is 23.2 Å². The first-order chi connectivity index (χ1) is 14.1. The summed E-state index contributed by atoms with van der Waals surface area (Å²) < 4.78 is 4.88. The van der Waals surface area contributed by atoms with Crippen molar-refractivity contribution in [2.75, 3.05) is 33.3 Å². The molecule has 4 amide bonds. The van der Waals surface area contributed by atoms with Crippen LogP contribution in [0.3, 0.4) is 0 Å². The van der Waals surface area contributed by atoms with Gasteiger partial charge in [-0.2, -0.15) is 5.26 Å². The normalized spacial score (nSPS) is 12.4. The van der Waals surface area contributed by atoms with Crippen LogP contribution in [0.25, 0.3) is 0 Å². The van der Waals surface area contributed by atoms with Crippen LogP contribution in [0.15, 0.2) is 0 Å². The van der Waals surface area contributed by atoms with Gasteiger partial charge in [-0.15, -0.1) is 0 Å². The number of hydrogen-bond donors (Lipinski definition) is 4. The van der Waals surface area contributed by atoms with Crippen molar-refractivity contribution in [1.82, 2.24) is 15.5 Å². The van der Waals surface area contributed by atoms with Gasteiger partial charge in [0.25, 0.3) is 0 Å². The van der Waals surface area contributed by atoms with E-state index in [0.717, 1.165) is 0 Å². The second kappa shape index (κ2) is 15.0. The van der Waals surface area contributed by atoms with E-state index in [1.54, 1.807) is 0 Å². The van der Waals surface area contributed by atoms with E-state index in [-0.39, 0.29) is 50.1 Å². The monoisotopic (exact) mass is 426 g/mol. The zero-order chi connectivity index (χ0) is 23.1. The van der Waals surface area contributed by atoms with Gasteiger partial charge >= 0.3 is 12.1 Å². The van der Waals surface area contributed by atoms with Gasteiger partial charge in [-0.25, -0.2) is 9.59 Å². The highest BCUT2D eigenvalue weighted by molar-refractivity contribution is 5.89. The molecule has 0 spiro atoms. The summed E-state index contributed by atoms with van der Waals surface area (Å²) in [6.07, 6.45) is 0.347. The van der Waals surface area contributed by atoms with Crippen molar-refractivity contribution in [3.05, 3.63) is 0 Å². The number of nitrogens with two attached hydrogens (primary N) is 2. The van der Waals surface area contributed by atoms with Crippen LogP contribution in [0.4, 0.5) is 9.59 Å². The molecule has 11 heteroatoms. The number of amides is 4. The van der Waals surface area contributed by atoms with E-state index in [2.05, 4.69) is 10.6 Å². The molecule has 0 aromatic heterocycles. The Labute approximate surface area is 177 Å². The summed E-state index contributed by atoms with van der Waals surface area (Å²) in [5.41, 5.74) is 10.9. The molecule has 0 aromatic carbocycles. The third kappa shape index (κ3) is 11.9. The van der Waals surface area contributed by atoms with Crippen LogP contribution >= 0.6 is 0 Å². The Kier molecular flexibility index (Phi) is 13.6. The van der Waals surface area contributed by atoms with E-state index < -0.39 is 24.1 Å². The minimum Gasteiger partial charge on any atom is -0.448 e. The van der Waals surface area contributed by atoms with Crippen LogP contribution in [0.1, 0.15) is 39.5 Å². The summed E-state index contributed by atoms with van der Waals surface area (Å²) in [6.45, 7) is 4.34. The van der Waals surface area contributed by atoms with E-state index in [1.165, 1.54) is 11.9 Å². The van der Waals surface area contributed by atoms with Crippen molar-refractivity contribution >= 4 is 23.8 Å². The van der Waals surface area contributed by atoms with Crippen LogP contribution < -0.4 is 22.1 Å². The molecule has 0 heterocycles. The van der Waals surface area contributed by atoms with Gasteiger partial charge in [0.15, 0.2) is 5.78 Å². The number of rotatable bonds is 14. The Morgan fingerprint density at radius 1 is 1.17 bits per heavy atom. The molecule has 0 bridgehead atoms. The minimum atomic E-state index is -0.654. The number of hydrogen-bond acceptors (Lipinski definition) is 7. The van der Waals surface area contributed by atoms with Gasteiger partial charge in [0.05, 0.1) is 18.5 Å². The molecular weight excluding hydrogens is 392 g/mol. The molecule has 0 rings (SSSR count). The number of nitriles is 1. The van der Waals surface area contributed by atoms with Gasteiger partial charge in [0.1, 0.15) is 6.61 Å². The number of ether oxygens (including phenoxy) is 1. The summed E-state index contributed by atoms with van der Waals surface area (Å²) in [4.78, 5) is 48.7. The first-order valence-corrected chi connectivity index (χ1v) is 9.94. The Morgan fingerprint density at radius 2 is 1.83 bits per heavy atom. The van der Waals surface area contributed by atoms with Gasteiger partial charge in [-0.3, -0.25) is 9.59 Å². The molecule has 0 aliphatic carbocycles. The van der Waals surface area contributed by atoms with Crippen molar-refractivity contribution < 1.29 is 23.9 Å². The smallest absolute Gasteiger partial charge is 0.409 e. The van der Waals surface area contributed by atoms with E-state index in [0.29, 0.717) is 19.4 Å². The number of carbonyl (C=O) groups excluding carboxylic acids is 4. The quantitative estimate of drug-likeness (QED) is 0.284. The molecule has 0 aliphatic rings. The van der Waals surface area contributed by atoms with Crippen LogP contribution in [-0.4, -0.2) is 68.0 Å². The summed E-state index contributed by atoms with van der Waals surface area (Å²) in [5, 5.41) is 13.6. The van der Waals surface area contributed by atoms with Crippen molar-refractivity contribution in [3.8, 4) is 6.07 Å². The lowest BCUT2D eigenvalue weighted by Crippen LogP contribution is -2.42. The lowest BCUT2D eigenvalue weighted by molar-refractivity contribution is -0.130. The molecule has 2 atom stereocenters. The van der Waals surface area contributed by atoms with Gasteiger partial charge in [-0.1, -0.05) is 13.8 Å². The first-order valence-electron chi connectivity index (χ1n) is 9.94. The van der Waals surface area contributed by atoms with Crippen LogP contribution in [-0.2, 0) is 14.3 Å². The Morgan fingerprint density at radius 3 is 2.40 bits per heavy atom. The largest absolute Gasteiger partial charge is 0.448 e. The fourth-order valence-corrected chi connectivity index (χ4v) is 2.51. The Balaban J connectivity index is 4.66. The molecule has 0 aromatic rings. The molecule has 0 fully saturated rings. The summed E-state index contributed by atoms with van der Waals surface area (Å²) in [7, 11) is 1.51. The third-order valence-electron chi connectivity index (χ3n) is 4.43. The predicted molar refractivity (Wildman–Crippen MR) is 110 cm³/mol. The molecule has 6 N–H and O–H groups in total. The number of ketones is 1. The second-order valence-corrected chi connectivity index (χ2v) is 7.31. The number of likely N-dealkylation sites (N-methyl/N-ethyl adjacent to an activating group) is 1. The van der Waals surface area contributed by atoms with Crippen molar-refractivity contribution in [3.63, 3.8) is 0 Å². The van der Waals surface area contributed by atoms with Gasteiger partial charge in [0, 0.05) is 39.0 Å². The molecule has 0 unspecified atom stereocenters. The number of Topliss-reactive ketones (excluding diaryl/α,β-unsaturated/α-hetero) is 1. The van der Waals surface area contributed by atoms with E-state index >= 15 is 0 Å². The van der Waals surface area contributed by atoms with Crippen LogP contribution in [0.2, 0.25) is 0 Å². The average molecular weight is 427 g/mol. The zero-order valence-electron chi connectivity index (χ0n) is 18.0. The van der Waals surface area contributed by atoms with Crippen molar-refractivity contribution in [2.24, 2.45) is 23.3 Å². The Bertz CT molecular complexity index is 619. The first kappa shape index (κ1) is 27.1. The highest BCUT2D eigenvalue weighted by Crippen LogP contribution is 2.15. The predicted octanol–water partition coefficient (Wildman–Crippen LogP) is 0.0919. The molecule has 30 heavy (non-hydrogen) atoms. The molecule has 0 saturated carbocycles. The molecular formula is C19H34N6O5. The fraction of sp³-hybridized carbons (Fsp3) is 0.737. The minimum absolute atomic E-state index is 0.00562. The summed E-state index contributed by atoms with van der Waals surface area (Å²) >= 11 is 0. The zero-order valence-corrected chi connectivity index (χ0v) is 18.0. The number of nitrogens with zero attached hydrogens (tertiary/aromatic N) is 2. The summed E-state index contributed by atoms with van der Waals surface area (Å²) in [6, 6.07) is 0.562. The maximum absolute atomic E-state index is 12.6. The standard InChI is InChI=1S/C19H34N6O5/c1-13(2)16(21)15(26)12-14(6-4-8-24-18(22)28)17(27)23-9-10-25(3)19(29)30-11-5-7-20/h13-14,16H,4-6,8-12,21H2,1-3H3,(H,23,27)(H3,22,24,28)/t14-,16+/m1/s1. The Hall–Kier alpha value is -2.87. The lowest BCUT2D eigenvalue weighted by atomic mass is 9.90. The molecule has 11 nitrogen and oxygen atoms in total. The highest BCUT2D eigenvalue weighted by atomic mass is 16.6. The topological polar surface area (TPSA) is 181 Å². The summed E-state index contributed by atoms with van der Waals surface area (Å²) in [5.74, 6) is -1.18. The molecule has 0 radical (unpaired) electrons. The molecule has 0 aliphatic heterocycles. The van der Waals surface area contributed by atoms with Gasteiger partial charge in [-0.05, 0) is 18.8 Å². The molecule has 170 valence electrons.